The summed E-state index contributed by atoms with van der Waals surface area (Å²) in [6.07, 6.45) is 2.84. The SMILES string of the molecule is CC1=CCN(CC(O)COc2ccc(N)cc2)CC1. The number of anilines is 1. The molecular weight excluding hydrogens is 240 g/mol. The second-order valence-corrected chi connectivity index (χ2v) is 5.09. The molecule has 19 heavy (non-hydrogen) atoms. The molecule has 4 heteroatoms. The normalized spacial score (nSPS) is 17.9. The Hall–Kier alpha value is -1.52. The summed E-state index contributed by atoms with van der Waals surface area (Å²) >= 11 is 0. The van der Waals surface area contributed by atoms with Crippen molar-refractivity contribution in [3.05, 3.63) is 35.9 Å². The van der Waals surface area contributed by atoms with E-state index < -0.39 is 6.10 Å². The summed E-state index contributed by atoms with van der Waals surface area (Å²) in [5.41, 5.74) is 7.75. The van der Waals surface area contributed by atoms with Gasteiger partial charge in [-0.3, -0.25) is 4.90 Å². The van der Waals surface area contributed by atoms with Crippen molar-refractivity contribution in [1.29, 1.82) is 0 Å². The zero-order valence-corrected chi connectivity index (χ0v) is 11.4. The van der Waals surface area contributed by atoms with E-state index in [1.807, 2.05) is 12.1 Å². The molecule has 0 aliphatic carbocycles. The van der Waals surface area contributed by atoms with Crippen LogP contribution in [0, 0.1) is 0 Å². The average molecular weight is 262 g/mol. The van der Waals surface area contributed by atoms with Gasteiger partial charge in [0, 0.05) is 25.3 Å². The van der Waals surface area contributed by atoms with E-state index in [-0.39, 0.29) is 0 Å². The molecule has 1 aliphatic rings. The number of aliphatic hydroxyl groups is 1. The minimum atomic E-state index is -0.468. The van der Waals surface area contributed by atoms with Crippen LogP contribution in [-0.2, 0) is 0 Å². The van der Waals surface area contributed by atoms with E-state index in [1.54, 1.807) is 12.1 Å². The van der Waals surface area contributed by atoms with Gasteiger partial charge in [-0.15, -0.1) is 0 Å². The summed E-state index contributed by atoms with van der Waals surface area (Å²) < 4.78 is 5.54. The number of aliphatic hydroxyl groups excluding tert-OH is 1. The lowest BCUT2D eigenvalue weighted by atomic mass is 10.1. The monoisotopic (exact) mass is 262 g/mol. The van der Waals surface area contributed by atoms with E-state index in [2.05, 4.69) is 17.9 Å². The Morgan fingerprint density at radius 3 is 2.74 bits per heavy atom. The second-order valence-electron chi connectivity index (χ2n) is 5.09. The van der Waals surface area contributed by atoms with Crippen molar-refractivity contribution in [3.63, 3.8) is 0 Å². The number of hydrogen-bond donors (Lipinski definition) is 2. The third-order valence-electron chi connectivity index (χ3n) is 3.31. The highest BCUT2D eigenvalue weighted by Gasteiger charge is 2.14. The van der Waals surface area contributed by atoms with Crippen molar-refractivity contribution < 1.29 is 9.84 Å². The van der Waals surface area contributed by atoms with Crippen molar-refractivity contribution in [2.24, 2.45) is 0 Å². The molecule has 0 bridgehead atoms. The third kappa shape index (κ3) is 4.58. The van der Waals surface area contributed by atoms with E-state index >= 15 is 0 Å². The maximum atomic E-state index is 9.97. The highest BCUT2D eigenvalue weighted by Crippen LogP contribution is 2.14. The molecule has 1 aromatic rings. The molecule has 1 atom stereocenters. The molecule has 0 radical (unpaired) electrons. The molecule has 0 amide bonds. The van der Waals surface area contributed by atoms with Gasteiger partial charge in [0.05, 0.1) is 0 Å². The smallest absolute Gasteiger partial charge is 0.119 e. The number of benzene rings is 1. The molecule has 0 saturated heterocycles. The number of β-amino-alcohol motifs (C(OH)–C–C–N with tert-alkyl or cyclic N) is 1. The molecule has 1 aromatic carbocycles. The van der Waals surface area contributed by atoms with Crippen LogP contribution in [0.5, 0.6) is 5.75 Å². The largest absolute Gasteiger partial charge is 0.491 e. The fourth-order valence-electron chi connectivity index (χ4n) is 2.09. The summed E-state index contributed by atoms with van der Waals surface area (Å²) in [5.74, 6) is 0.739. The predicted octanol–water partition coefficient (Wildman–Crippen LogP) is 1.66. The van der Waals surface area contributed by atoms with Gasteiger partial charge in [-0.05, 0) is 37.6 Å². The zero-order valence-electron chi connectivity index (χ0n) is 11.4. The topological polar surface area (TPSA) is 58.7 Å². The first-order valence-electron chi connectivity index (χ1n) is 6.68. The van der Waals surface area contributed by atoms with E-state index in [4.69, 9.17) is 10.5 Å². The van der Waals surface area contributed by atoms with Crippen molar-refractivity contribution in [1.82, 2.24) is 4.90 Å². The summed E-state index contributed by atoms with van der Waals surface area (Å²) in [5, 5.41) is 9.97. The van der Waals surface area contributed by atoms with Crippen LogP contribution in [0.1, 0.15) is 13.3 Å². The van der Waals surface area contributed by atoms with Crippen LogP contribution in [0.3, 0.4) is 0 Å². The van der Waals surface area contributed by atoms with Gasteiger partial charge in [-0.1, -0.05) is 11.6 Å². The van der Waals surface area contributed by atoms with E-state index in [9.17, 15) is 5.11 Å². The van der Waals surface area contributed by atoms with E-state index in [0.717, 1.165) is 25.3 Å². The summed E-state index contributed by atoms with van der Waals surface area (Å²) in [6.45, 7) is 5.05. The number of rotatable bonds is 5. The summed E-state index contributed by atoms with van der Waals surface area (Å²) in [4.78, 5) is 2.24. The second kappa shape index (κ2) is 6.59. The molecule has 104 valence electrons. The number of nitrogens with zero attached hydrogens (tertiary/aromatic N) is 1. The average Bonchev–Trinajstić information content (AvgIpc) is 2.41. The van der Waals surface area contributed by atoms with Crippen molar-refractivity contribution >= 4 is 5.69 Å². The molecule has 0 aromatic heterocycles. The van der Waals surface area contributed by atoms with Crippen LogP contribution in [0.4, 0.5) is 5.69 Å². The number of ether oxygens (including phenoxy) is 1. The van der Waals surface area contributed by atoms with Crippen molar-refractivity contribution in [2.75, 3.05) is 32.0 Å². The van der Waals surface area contributed by atoms with Gasteiger partial charge in [0.25, 0.3) is 0 Å². The highest BCUT2D eigenvalue weighted by atomic mass is 16.5. The lowest BCUT2D eigenvalue weighted by Crippen LogP contribution is -2.38. The van der Waals surface area contributed by atoms with Crippen LogP contribution >= 0.6 is 0 Å². The first-order valence-corrected chi connectivity index (χ1v) is 6.68. The van der Waals surface area contributed by atoms with Gasteiger partial charge in [0.1, 0.15) is 18.5 Å². The molecule has 1 heterocycles. The molecular formula is C15H22N2O2. The van der Waals surface area contributed by atoms with Gasteiger partial charge in [-0.2, -0.15) is 0 Å². The standard InChI is InChI=1S/C15H22N2O2/c1-12-6-8-17(9-7-12)10-14(18)11-19-15-4-2-13(16)3-5-15/h2-6,14,18H,7-11,16H2,1H3. The maximum absolute atomic E-state index is 9.97. The fourth-order valence-corrected chi connectivity index (χ4v) is 2.09. The van der Waals surface area contributed by atoms with Gasteiger partial charge < -0.3 is 15.6 Å². The fraction of sp³-hybridized carbons (Fsp3) is 0.467. The van der Waals surface area contributed by atoms with Crippen molar-refractivity contribution in [2.45, 2.75) is 19.4 Å². The predicted molar refractivity (Wildman–Crippen MR) is 77.2 cm³/mol. The lowest BCUT2D eigenvalue weighted by molar-refractivity contribution is 0.0709. The van der Waals surface area contributed by atoms with Crippen LogP contribution in [-0.4, -0.2) is 42.4 Å². The van der Waals surface area contributed by atoms with Gasteiger partial charge >= 0.3 is 0 Å². The van der Waals surface area contributed by atoms with E-state index in [0.29, 0.717) is 18.8 Å². The quantitative estimate of drug-likeness (QED) is 0.626. The highest BCUT2D eigenvalue weighted by molar-refractivity contribution is 5.41. The minimum Gasteiger partial charge on any atom is -0.491 e. The summed E-state index contributed by atoms with van der Waals surface area (Å²) in [6, 6.07) is 7.21. The molecule has 0 fully saturated rings. The van der Waals surface area contributed by atoms with Crippen LogP contribution in [0.2, 0.25) is 0 Å². The van der Waals surface area contributed by atoms with E-state index in [1.165, 1.54) is 5.57 Å². The Morgan fingerprint density at radius 2 is 2.11 bits per heavy atom. The van der Waals surface area contributed by atoms with Crippen LogP contribution < -0.4 is 10.5 Å². The van der Waals surface area contributed by atoms with Gasteiger partial charge in [0.2, 0.25) is 0 Å². The van der Waals surface area contributed by atoms with Gasteiger partial charge in [0.15, 0.2) is 0 Å². The van der Waals surface area contributed by atoms with Crippen molar-refractivity contribution in [3.8, 4) is 5.75 Å². The molecule has 4 nitrogen and oxygen atoms in total. The third-order valence-corrected chi connectivity index (χ3v) is 3.31. The molecule has 1 unspecified atom stereocenters. The first kappa shape index (κ1) is 13.9. The van der Waals surface area contributed by atoms with Gasteiger partial charge in [-0.25, -0.2) is 0 Å². The molecule has 3 N–H and O–H groups in total. The van der Waals surface area contributed by atoms with Crippen LogP contribution in [0.25, 0.3) is 0 Å². The first-order chi connectivity index (χ1) is 9.13. The molecule has 0 saturated carbocycles. The Balaban J connectivity index is 1.72. The Labute approximate surface area is 114 Å². The van der Waals surface area contributed by atoms with Crippen LogP contribution in [0.15, 0.2) is 35.9 Å². The molecule has 1 aliphatic heterocycles. The summed E-state index contributed by atoms with van der Waals surface area (Å²) in [7, 11) is 0. The maximum Gasteiger partial charge on any atom is 0.119 e. The Kier molecular flexibility index (Phi) is 4.82. The minimum absolute atomic E-state index is 0.309. The number of nitrogens with two attached hydrogens (primary N) is 1. The Bertz CT molecular complexity index is 428. The zero-order chi connectivity index (χ0) is 13.7. The molecule has 2 rings (SSSR count). The molecule has 0 spiro atoms. The Morgan fingerprint density at radius 1 is 1.37 bits per heavy atom. The number of nitrogen functional groups attached to an aromatic ring is 1. The number of hydrogen-bond acceptors (Lipinski definition) is 4. The lowest BCUT2D eigenvalue weighted by Gasteiger charge is -2.27.